The van der Waals surface area contributed by atoms with Crippen LogP contribution in [0.5, 0.6) is 0 Å². The van der Waals surface area contributed by atoms with E-state index in [9.17, 15) is 14.7 Å². The summed E-state index contributed by atoms with van der Waals surface area (Å²) in [5.41, 5.74) is 0.792. The molecule has 0 aromatic heterocycles. The fourth-order valence-electron chi connectivity index (χ4n) is 2.29. The van der Waals surface area contributed by atoms with Gasteiger partial charge >= 0.3 is 12.1 Å². The molecule has 0 bridgehead atoms. The number of hydrogen-bond acceptors (Lipinski definition) is 5. The lowest BCUT2D eigenvalue weighted by atomic mass is 10.1. The molecular weight excluding hydrogens is 278 g/mol. The second-order valence-corrected chi connectivity index (χ2v) is 4.74. The maximum atomic E-state index is 12.0. The number of amides is 1. The van der Waals surface area contributed by atoms with Crippen molar-refractivity contribution in [2.75, 3.05) is 13.7 Å². The molecule has 7 nitrogen and oxygen atoms in total. The van der Waals surface area contributed by atoms with E-state index in [2.05, 4.69) is 0 Å². The van der Waals surface area contributed by atoms with Crippen molar-refractivity contribution in [3.05, 3.63) is 35.9 Å². The highest BCUT2D eigenvalue weighted by Crippen LogP contribution is 2.22. The number of nitrogens with zero attached hydrogens (tertiary/aromatic N) is 1. The van der Waals surface area contributed by atoms with Crippen molar-refractivity contribution >= 4 is 12.1 Å². The minimum absolute atomic E-state index is 0.0255. The first-order valence-electron chi connectivity index (χ1n) is 6.45. The number of aliphatic hydroxyl groups excluding tert-OH is 1. The summed E-state index contributed by atoms with van der Waals surface area (Å²) >= 11 is 0. The molecule has 1 aliphatic rings. The Labute approximate surface area is 121 Å². The number of methoxy groups -OCH3 is 1. The molecule has 2 N–H and O–H groups in total. The van der Waals surface area contributed by atoms with Crippen LogP contribution in [0.15, 0.2) is 30.3 Å². The molecule has 1 aromatic carbocycles. The summed E-state index contributed by atoms with van der Waals surface area (Å²) in [6.07, 6.45) is -2.81. The summed E-state index contributed by atoms with van der Waals surface area (Å²) < 4.78 is 10.1. The predicted molar refractivity (Wildman–Crippen MR) is 71.6 cm³/mol. The molecular formula is C14H17NO6. The number of ether oxygens (including phenoxy) is 2. The third-order valence-corrected chi connectivity index (χ3v) is 3.41. The molecule has 7 heteroatoms. The Morgan fingerprint density at radius 1 is 1.33 bits per heavy atom. The number of carbonyl (C=O) groups is 2. The zero-order valence-corrected chi connectivity index (χ0v) is 11.5. The van der Waals surface area contributed by atoms with Gasteiger partial charge in [-0.3, -0.25) is 4.90 Å². The van der Waals surface area contributed by atoms with Crippen molar-refractivity contribution in [1.82, 2.24) is 4.90 Å². The average Bonchev–Trinajstić information content (AvgIpc) is 2.82. The maximum Gasteiger partial charge on any atom is 0.411 e. The van der Waals surface area contributed by atoms with Gasteiger partial charge in [-0.1, -0.05) is 30.3 Å². The van der Waals surface area contributed by atoms with Crippen molar-refractivity contribution in [3.63, 3.8) is 0 Å². The topological polar surface area (TPSA) is 96.3 Å². The fourth-order valence-corrected chi connectivity index (χ4v) is 2.29. The third kappa shape index (κ3) is 3.32. The summed E-state index contributed by atoms with van der Waals surface area (Å²) in [4.78, 5) is 24.2. The SMILES string of the molecule is CO[C@@H]1CN(C(=O)OCc2ccccc2)[C@H](C(=O)O)[C@H]1O. The predicted octanol–water partition coefficient (Wildman–Crippen LogP) is 0.468. The highest BCUT2D eigenvalue weighted by molar-refractivity contribution is 5.81. The van der Waals surface area contributed by atoms with Gasteiger partial charge in [-0.15, -0.1) is 0 Å². The molecule has 0 spiro atoms. The van der Waals surface area contributed by atoms with Gasteiger partial charge in [0.05, 0.1) is 6.54 Å². The summed E-state index contributed by atoms with van der Waals surface area (Å²) in [7, 11) is 1.35. The minimum Gasteiger partial charge on any atom is -0.480 e. The fraction of sp³-hybridized carbons (Fsp3) is 0.429. The molecule has 1 aromatic rings. The number of carbonyl (C=O) groups excluding carboxylic acids is 1. The summed E-state index contributed by atoms with van der Waals surface area (Å²) in [5.74, 6) is -1.29. The number of benzene rings is 1. The number of aliphatic hydroxyl groups is 1. The van der Waals surface area contributed by atoms with Crippen LogP contribution in [-0.2, 0) is 20.9 Å². The van der Waals surface area contributed by atoms with Gasteiger partial charge in [-0.2, -0.15) is 0 Å². The summed E-state index contributed by atoms with van der Waals surface area (Å²) in [6, 6.07) is 7.68. The van der Waals surface area contributed by atoms with E-state index in [1.807, 2.05) is 18.2 Å². The van der Waals surface area contributed by atoms with Crippen molar-refractivity contribution in [3.8, 4) is 0 Å². The Hall–Kier alpha value is -2.12. The molecule has 0 unspecified atom stereocenters. The van der Waals surface area contributed by atoms with Gasteiger partial charge in [-0.25, -0.2) is 9.59 Å². The molecule has 21 heavy (non-hydrogen) atoms. The second-order valence-electron chi connectivity index (χ2n) is 4.74. The molecule has 0 aliphatic carbocycles. The van der Waals surface area contributed by atoms with Gasteiger partial charge in [-0.05, 0) is 5.56 Å². The number of likely N-dealkylation sites (tertiary alicyclic amines) is 1. The van der Waals surface area contributed by atoms with E-state index in [1.165, 1.54) is 7.11 Å². The van der Waals surface area contributed by atoms with Crippen LogP contribution in [0.4, 0.5) is 4.79 Å². The summed E-state index contributed by atoms with van der Waals surface area (Å²) in [6.45, 7) is 0.0124. The third-order valence-electron chi connectivity index (χ3n) is 3.41. The van der Waals surface area contributed by atoms with Crippen LogP contribution >= 0.6 is 0 Å². The van der Waals surface area contributed by atoms with Crippen LogP contribution in [0.2, 0.25) is 0 Å². The molecule has 2 rings (SSSR count). The van der Waals surface area contributed by atoms with Crippen molar-refractivity contribution < 1.29 is 29.3 Å². The Morgan fingerprint density at radius 2 is 2.00 bits per heavy atom. The van der Waals surface area contributed by atoms with E-state index in [0.29, 0.717) is 0 Å². The van der Waals surface area contributed by atoms with E-state index in [1.54, 1.807) is 12.1 Å². The molecule has 1 amide bonds. The lowest BCUT2D eigenvalue weighted by molar-refractivity contribution is -0.145. The van der Waals surface area contributed by atoms with Crippen molar-refractivity contribution in [2.45, 2.75) is 24.9 Å². The first kappa shape index (κ1) is 15.3. The first-order chi connectivity index (χ1) is 10.0. The van der Waals surface area contributed by atoms with Crippen LogP contribution in [0, 0.1) is 0 Å². The van der Waals surface area contributed by atoms with E-state index >= 15 is 0 Å². The molecule has 0 saturated carbocycles. The maximum absolute atomic E-state index is 12.0. The Bertz CT molecular complexity index is 505. The minimum atomic E-state index is -1.36. The zero-order chi connectivity index (χ0) is 15.4. The van der Waals surface area contributed by atoms with E-state index in [0.717, 1.165) is 10.5 Å². The van der Waals surface area contributed by atoms with Gasteiger partial charge in [0.15, 0.2) is 6.04 Å². The van der Waals surface area contributed by atoms with E-state index in [4.69, 9.17) is 14.6 Å². The Balaban J connectivity index is 2.02. The van der Waals surface area contributed by atoms with Crippen LogP contribution < -0.4 is 0 Å². The normalized spacial score (nSPS) is 24.9. The zero-order valence-electron chi connectivity index (χ0n) is 11.5. The summed E-state index contributed by atoms with van der Waals surface area (Å²) in [5, 5.41) is 19.0. The van der Waals surface area contributed by atoms with Crippen LogP contribution in [0.3, 0.4) is 0 Å². The Kier molecular flexibility index (Phi) is 4.77. The van der Waals surface area contributed by atoms with Gasteiger partial charge in [0, 0.05) is 7.11 Å². The number of carboxylic acids is 1. The van der Waals surface area contributed by atoms with Crippen molar-refractivity contribution in [2.24, 2.45) is 0 Å². The number of hydrogen-bond donors (Lipinski definition) is 2. The second kappa shape index (κ2) is 6.55. The largest absolute Gasteiger partial charge is 0.480 e. The Morgan fingerprint density at radius 3 is 2.57 bits per heavy atom. The lowest BCUT2D eigenvalue weighted by Crippen LogP contribution is -2.45. The number of carboxylic acid groups (broad SMARTS) is 1. The van der Waals surface area contributed by atoms with Crippen LogP contribution in [0.1, 0.15) is 5.56 Å². The average molecular weight is 295 g/mol. The van der Waals surface area contributed by atoms with Crippen LogP contribution in [0.25, 0.3) is 0 Å². The van der Waals surface area contributed by atoms with Crippen molar-refractivity contribution in [1.29, 1.82) is 0 Å². The number of rotatable bonds is 4. The molecule has 1 fully saturated rings. The molecule has 1 heterocycles. The molecule has 0 radical (unpaired) electrons. The van der Waals surface area contributed by atoms with Gasteiger partial charge in [0.2, 0.25) is 0 Å². The first-order valence-corrected chi connectivity index (χ1v) is 6.45. The molecule has 1 saturated heterocycles. The quantitative estimate of drug-likeness (QED) is 0.838. The standard InChI is InChI=1S/C14H17NO6/c1-20-10-7-15(11(12(10)16)13(17)18)14(19)21-8-9-5-3-2-4-6-9/h2-6,10-12,16H,7-8H2,1H3,(H,17,18)/t10-,11+,12+/m1/s1. The molecule has 3 atom stereocenters. The highest BCUT2D eigenvalue weighted by atomic mass is 16.6. The smallest absolute Gasteiger partial charge is 0.411 e. The monoisotopic (exact) mass is 295 g/mol. The van der Waals surface area contributed by atoms with Gasteiger partial charge in [0.25, 0.3) is 0 Å². The molecule has 114 valence electrons. The van der Waals surface area contributed by atoms with Gasteiger partial charge < -0.3 is 19.7 Å². The number of aliphatic carboxylic acids is 1. The lowest BCUT2D eigenvalue weighted by Gasteiger charge is -2.21. The van der Waals surface area contributed by atoms with Crippen LogP contribution in [-0.4, -0.2) is 59.1 Å². The molecule has 1 aliphatic heterocycles. The highest BCUT2D eigenvalue weighted by Gasteiger charge is 2.48. The van der Waals surface area contributed by atoms with Gasteiger partial charge in [0.1, 0.15) is 18.8 Å². The van der Waals surface area contributed by atoms with E-state index in [-0.39, 0.29) is 13.2 Å². The van der Waals surface area contributed by atoms with E-state index < -0.39 is 30.3 Å².